The summed E-state index contributed by atoms with van der Waals surface area (Å²) in [6.07, 6.45) is 4.06. The van der Waals surface area contributed by atoms with E-state index in [2.05, 4.69) is 20.4 Å². The van der Waals surface area contributed by atoms with Gasteiger partial charge < -0.3 is 13.6 Å². The van der Waals surface area contributed by atoms with Gasteiger partial charge in [-0.05, 0) is 32.4 Å². The van der Waals surface area contributed by atoms with E-state index < -0.39 is 8.56 Å². The van der Waals surface area contributed by atoms with Crippen molar-refractivity contribution in [3.63, 3.8) is 0 Å². The molecule has 0 spiro atoms. The molecule has 0 aromatic rings. The summed E-state index contributed by atoms with van der Waals surface area (Å²) in [4.78, 5) is 0. The molecule has 0 saturated carbocycles. The van der Waals surface area contributed by atoms with Crippen LogP contribution in [0.25, 0.3) is 0 Å². The first-order chi connectivity index (χ1) is 7.52. The van der Waals surface area contributed by atoms with Crippen LogP contribution in [0.15, 0.2) is 0 Å². The molecular weight excluding hydrogens is 220 g/mol. The van der Waals surface area contributed by atoms with Crippen molar-refractivity contribution < 1.29 is 13.6 Å². The van der Waals surface area contributed by atoms with Gasteiger partial charge >= 0.3 is 8.56 Å². The minimum absolute atomic E-state index is 0.426. The number of rotatable bonds is 7. The van der Waals surface area contributed by atoms with Gasteiger partial charge in [-0.1, -0.05) is 13.3 Å². The lowest BCUT2D eigenvalue weighted by Crippen LogP contribution is -2.50. The Labute approximate surface area is 101 Å². The summed E-state index contributed by atoms with van der Waals surface area (Å²) in [7, 11) is 1.67. The second-order valence-corrected chi connectivity index (χ2v) is 8.65. The zero-order valence-electron chi connectivity index (χ0n) is 11.3. The second-order valence-electron chi connectivity index (χ2n) is 5.06. The highest BCUT2D eigenvalue weighted by molar-refractivity contribution is 6.65. The fourth-order valence-electron chi connectivity index (χ4n) is 2.38. The standard InChI is InChI=1S/C12H26O3Si/c1-6-12(10-15-11(12)2)8-7-9-16(5,13-3)14-4/h11H,6-10H2,1-5H3. The molecule has 1 fully saturated rings. The molecule has 0 aliphatic carbocycles. The van der Waals surface area contributed by atoms with Crippen LogP contribution in [0.1, 0.15) is 33.1 Å². The number of hydrogen-bond donors (Lipinski definition) is 0. The van der Waals surface area contributed by atoms with E-state index in [9.17, 15) is 0 Å². The maximum Gasteiger partial charge on any atom is 0.334 e. The van der Waals surface area contributed by atoms with E-state index in [0.717, 1.165) is 12.7 Å². The molecular formula is C12H26O3Si. The molecule has 0 aromatic carbocycles. The number of ether oxygens (including phenoxy) is 1. The van der Waals surface area contributed by atoms with Crippen LogP contribution in [-0.2, 0) is 13.6 Å². The van der Waals surface area contributed by atoms with Crippen molar-refractivity contribution in [1.82, 2.24) is 0 Å². The second kappa shape index (κ2) is 5.62. The van der Waals surface area contributed by atoms with Gasteiger partial charge in [0, 0.05) is 19.6 Å². The van der Waals surface area contributed by atoms with Gasteiger partial charge in [0.2, 0.25) is 0 Å². The summed E-state index contributed by atoms with van der Waals surface area (Å²) in [5.74, 6) is 0. The lowest BCUT2D eigenvalue weighted by molar-refractivity contribution is -0.182. The molecule has 1 rings (SSSR count). The Balaban J connectivity index is 2.34. The van der Waals surface area contributed by atoms with Crippen LogP contribution in [0.4, 0.5) is 0 Å². The molecule has 0 bridgehead atoms. The Morgan fingerprint density at radius 2 is 2.00 bits per heavy atom. The maximum atomic E-state index is 5.52. The largest absolute Gasteiger partial charge is 0.398 e. The molecule has 0 radical (unpaired) electrons. The average molecular weight is 246 g/mol. The van der Waals surface area contributed by atoms with E-state index in [1.807, 2.05) is 0 Å². The van der Waals surface area contributed by atoms with Gasteiger partial charge in [-0.25, -0.2) is 0 Å². The van der Waals surface area contributed by atoms with Crippen molar-refractivity contribution in [2.45, 2.75) is 51.8 Å². The highest BCUT2D eigenvalue weighted by Crippen LogP contribution is 2.42. The van der Waals surface area contributed by atoms with Crippen molar-refractivity contribution in [2.24, 2.45) is 5.41 Å². The quantitative estimate of drug-likeness (QED) is 0.646. The normalized spacial score (nSPS) is 30.2. The molecule has 0 aromatic heterocycles. The van der Waals surface area contributed by atoms with Crippen LogP contribution in [0, 0.1) is 5.41 Å². The van der Waals surface area contributed by atoms with E-state index in [1.54, 1.807) is 14.2 Å². The number of hydrogen-bond acceptors (Lipinski definition) is 3. The Morgan fingerprint density at radius 3 is 2.31 bits per heavy atom. The first-order valence-electron chi connectivity index (χ1n) is 6.24. The molecule has 16 heavy (non-hydrogen) atoms. The smallest absolute Gasteiger partial charge is 0.334 e. The van der Waals surface area contributed by atoms with Gasteiger partial charge in [0.05, 0.1) is 12.7 Å². The summed E-state index contributed by atoms with van der Waals surface area (Å²) in [6.45, 7) is 7.52. The van der Waals surface area contributed by atoms with Crippen LogP contribution in [-0.4, -0.2) is 35.5 Å². The topological polar surface area (TPSA) is 27.7 Å². The fraction of sp³-hybridized carbons (Fsp3) is 1.00. The van der Waals surface area contributed by atoms with E-state index in [0.29, 0.717) is 11.5 Å². The van der Waals surface area contributed by atoms with Crippen LogP contribution >= 0.6 is 0 Å². The third-order valence-electron chi connectivity index (χ3n) is 4.36. The van der Waals surface area contributed by atoms with Crippen molar-refractivity contribution in [1.29, 1.82) is 0 Å². The Bertz CT molecular complexity index is 214. The predicted molar refractivity (Wildman–Crippen MR) is 67.8 cm³/mol. The molecule has 1 saturated heterocycles. The molecule has 0 N–H and O–H groups in total. The van der Waals surface area contributed by atoms with E-state index in [-0.39, 0.29) is 0 Å². The predicted octanol–water partition coefficient (Wildman–Crippen LogP) is 2.95. The zero-order chi connectivity index (χ0) is 12.2. The molecule has 4 heteroatoms. The lowest BCUT2D eigenvalue weighted by Gasteiger charge is -2.48. The van der Waals surface area contributed by atoms with Gasteiger partial charge in [-0.15, -0.1) is 0 Å². The first kappa shape index (κ1) is 14.2. The van der Waals surface area contributed by atoms with E-state index in [1.165, 1.54) is 19.3 Å². The Morgan fingerprint density at radius 1 is 1.38 bits per heavy atom. The highest BCUT2D eigenvalue weighted by Gasteiger charge is 2.44. The Hall–Kier alpha value is 0.0969. The maximum absolute atomic E-state index is 5.52. The van der Waals surface area contributed by atoms with Gasteiger partial charge in [0.1, 0.15) is 0 Å². The fourth-order valence-corrected chi connectivity index (χ4v) is 3.77. The van der Waals surface area contributed by atoms with Crippen molar-refractivity contribution >= 4 is 8.56 Å². The SMILES string of the molecule is CCC1(CCC[Si](C)(OC)OC)COC1C. The average Bonchev–Trinajstić information content (AvgIpc) is 2.32. The van der Waals surface area contributed by atoms with Crippen LogP contribution in [0.2, 0.25) is 12.6 Å². The van der Waals surface area contributed by atoms with Gasteiger partial charge in [0.25, 0.3) is 0 Å². The van der Waals surface area contributed by atoms with Crippen molar-refractivity contribution in [2.75, 3.05) is 20.8 Å². The zero-order valence-corrected chi connectivity index (χ0v) is 12.3. The minimum Gasteiger partial charge on any atom is -0.398 e. The van der Waals surface area contributed by atoms with Crippen molar-refractivity contribution in [3.05, 3.63) is 0 Å². The summed E-state index contributed by atoms with van der Waals surface area (Å²) in [5.41, 5.74) is 0.427. The molecule has 3 nitrogen and oxygen atoms in total. The van der Waals surface area contributed by atoms with Gasteiger partial charge in [-0.2, -0.15) is 0 Å². The minimum atomic E-state index is -1.86. The van der Waals surface area contributed by atoms with Crippen LogP contribution < -0.4 is 0 Å². The Kier molecular flexibility index (Phi) is 4.98. The van der Waals surface area contributed by atoms with E-state index in [4.69, 9.17) is 13.6 Å². The van der Waals surface area contributed by atoms with Crippen molar-refractivity contribution in [3.8, 4) is 0 Å². The van der Waals surface area contributed by atoms with E-state index >= 15 is 0 Å². The van der Waals surface area contributed by atoms with Gasteiger partial charge in [-0.3, -0.25) is 0 Å². The molecule has 1 aliphatic heterocycles. The lowest BCUT2D eigenvalue weighted by atomic mass is 9.73. The third-order valence-corrected chi connectivity index (χ3v) is 7.35. The van der Waals surface area contributed by atoms with Crippen LogP contribution in [0.5, 0.6) is 0 Å². The summed E-state index contributed by atoms with van der Waals surface area (Å²) in [5, 5.41) is 0. The summed E-state index contributed by atoms with van der Waals surface area (Å²) >= 11 is 0. The molecule has 0 amide bonds. The molecule has 1 aliphatic rings. The summed E-state index contributed by atoms with van der Waals surface area (Å²) in [6, 6.07) is 1.08. The first-order valence-corrected chi connectivity index (χ1v) is 8.76. The molecule has 1 heterocycles. The van der Waals surface area contributed by atoms with Gasteiger partial charge in [0.15, 0.2) is 0 Å². The third kappa shape index (κ3) is 2.86. The monoisotopic (exact) mass is 246 g/mol. The molecule has 96 valence electrons. The van der Waals surface area contributed by atoms with Crippen LogP contribution in [0.3, 0.4) is 0 Å². The summed E-state index contributed by atoms with van der Waals surface area (Å²) < 4.78 is 16.5. The molecule has 2 atom stereocenters. The molecule has 2 unspecified atom stereocenters. The highest BCUT2D eigenvalue weighted by atomic mass is 28.4.